The van der Waals surface area contributed by atoms with Crippen molar-refractivity contribution in [1.29, 1.82) is 0 Å². The Bertz CT molecular complexity index is 1390. The SMILES string of the molecule is COc1ccc(N2CCN(Cc3c(O)ccc4c3O/C(=C\c3ccc(OC)c(OC)c3OC)C4=O)CC2)cc1. The Morgan fingerprint density at radius 3 is 2.21 bits per heavy atom. The highest BCUT2D eigenvalue weighted by Crippen LogP contribution is 2.43. The Morgan fingerprint density at radius 2 is 1.56 bits per heavy atom. The molecule has 2 heterocycles. The number of hydrogen-bond acceptors (Lipinski definition) is 9. The minimum absolute atomic E-state index is 0.101. The minimum Gasteiger partial charge on any atom is -0.507 e. The third-order valence-corrected chi connectivity index (χ3v) is 7.13. The molecule has 2 aliphatic rings. The lowest BCUT2D eigenvalue weighted by Gasteiger charge is -2.36. The Labute approximate surface area is 227 Å². The number of fused-ring (bicyclic) bond motifs is 1. The highest BCUT2D eigenvalue weighted by molar-refractivity contribution is 6.15. The van der Waals surface area contributed by atoms with Crippen LogP contribution >= 0.6 is 0 Å². The normalized spacial score (nSPS) is 16.2. The van der Waals surface area contributed by atoms with E-state index in [0.717, 1.165) is 37.6 Å². The summed E-state index contributed by atoms with van der Waals surface area (Å²) >= 11 is 0. The number of carbonyl (C=O) groups excluding carboxylic acids is 1. The summed E-state index contributed by atoms with van der Waals surface area (Å²) in [6.45, 7) is 3.74. The summed E-state index contributed by atoms with van der Waals surface area (Å²) in [7, 11) is 6.25. The maximum absolute atomic E-state index is 13.3. The topological polar surface area (TPSA) is 89.9 Å². The smallest absolute Gasteiger partial charge is 0.231 e. The van der Waals surface area contributed by atoms with Crippen LogP contribution in [0.15, 0.2) is 54.3 Å². The molecule has 0 amide bonds. The van der Waals surface area contributed by atoms with Gasteiger partial charge in [-0.1, -0.05) is 0 Å². The molecule has 0 bridgehead atoms. The van der Waals surface area contributed by atoms with E-state index in [4.69, 9.17) is 23.7 Å². The fourth-order valence-electron chi connectivity index (χ4n) is 5.01. The van der Waals surface area contributed by atoms with Gasteiger partial charge in [0.05, 0.1) is 39.6 Å². The van der Waals surface area contributed by atoms with Gasteiger partial charge >= 0.3 is 0 Å². The molecule has 2 aliphatic heterocycles. The summed E-state index contributed by atoms with van der Waals surface area (Å²) in [5.74, 6) is 2.57. The van der Waals surface area contributed by atoms with E-state index in [1.807, 2.05) is 12.1 Å². The van der Waals surface area contributed by atoms with E-state index < -0.39 is 0 Å². The average molecular weight is 533 g/mol. The predicted molar refractivity (Wildman–Crippen MR) is 148 cm³/mol. The Kier molecular flexibility index (Phi) is 7.51. The van der Waals surface area contributed by atoms with Crippen LogP contribution in [0.5, 0.6) is 34.5 Å². The van der Waals surface area contributed by atoms with Crippen molar-refractivity contribution < 1.29 is 33.6 Å². The van der Waals surface area contributed by atoms with E-state index in [2.05, 4.69) is 21.9 Å². The summed E-state index contributed by atoms with van der Waals surface area (Å²) in [5, 5.41) is 10.7. The van der Waals surface area contributed by atoms with Crippen LogP contribution in [0.1, 0.15) is 21.5 Å². The molecule has 0 unspecified atom stereocenters. The van der Waals surface area contributed by atoms with Crippen molar-refractivity contribution in [3.63, 3.8) is 0 Å². The lowest BCUT2D eigenvalue weighted by Crippen LogP contribution is -2.46. The molecule has 0 radical (unpaired) electrons. The minimum atomic E-state index is -0.257. The molecule has 9 nitrogen and oxygen atoms in total. The average Bonchev–Trinajstić information content (AvgIpc) is 3.29. The van der Waals surface area contributed by atoms with Crippen LogP contribution in [0, 0.1) is 0 Å². The molecule has 1 fully saturated rings. The van der Waals surface area contributed by atoms with Crippen LogP contribution in [0.25, 0.3) is 6.08 Å². The number of ether oxygens (including phenoxy) is 5. The summed E-state index contributed by atoms with van der Waals surface area (Å²) < 4.78 is 27.7. The largest absolute Gasteiger partial charge is 0.507 e. The molecular formula is C30H32N2O7. The second kappa shape index (κ2) is 11.2. The number of methoxy groups -OCH3 is 4. The second-order valence-electron chi connectivity index (χ2n) is 9.26. The number of anilines is 1. The van der Waals surface area contributed by atoms with Gasteiger partial charge in [-0.15, -0.1) is 0 Å². The van der Waals surface area contributed by atoms with E-state index in [9.17, 15) is 9.90 Å². The van der Waals surface area contributed by atoms with E-state index >= 15 is 0 Å². The number of hydrogen-bond donors (Lipinski definition) is 1. The molecule has 3 aromatic carbocycles. The van der Waals surface area contributed by atoms with Crippen LogP contribution in [0.2, 0.25) is 0 Å². The highest BCUT2D eigenvalue weighted by atomic mass is 16.5. The third-order valence-electron chi connectivity index (χ3n) is 7.13. The van der Waals surface area contributed by atoms with Crippen LogP contribution in [0.3, 0.4) is 0 Å². The Morgan fingerprint density at radius 1 is 0.846 bits per heavy atom. The Hall–Kier alpha value is -4.37. The van der Waals surface area contributed by atoms with Gasteiger partial charge in [0.1, 0.15) is 17.2 Å². The first-order valence-corrected chi connectivity index (χ1v) is 12.7. The van der Waals surface area contributed by atoms with Crippen molar-refractivity contribution in [2.45, 2.75) is 6.54 Å². The fourth-order valence-corrected chi connectivity index (χ4v) is 5.01. The van der Waals surface area contributed by atoms with Crippen molar-refractivity contribution in [1.82, 2.24) is 4.90 Å². The number of carbonyl (C=O) groups is 1. The zero-order valence-electron chi connectivity index (χ0n) is 22.5. The first kappa shape index (κ1) is 26.2. The van der Waals surface area contributed by atoms with E-state index in [1.165, 1.54) is 14.2 Å². The third kappa shape index (κ3) is 5.05. The summed E-state index contributed by atoms with van der Waals surface area (Å²) in [4.78, 5) is 17.9. The van der Waals surface area contributed by atoms with Crippen molar-refractivity contribution >= 4 is 17.5 Å². The van der Waals surface area contributed by atoms with E-state index in [0.29, 0.717) is 46.2 Å². The lowest BCUT2D eigenvalue weighted by atomic mass is 10.0. The number of phenolic OH excluding ortho intramolecular Hbond substituents is 1. The maximum atomic E-state index is 13.3. The molecule has 0 spiro atoms. The molecule has 0 aromatic heterocycles. The van der Waals surface area contributed by atoms with Crippen LogP contribution in [0.4, 0.5) is 5.69 Å². The van der Waals surface area contributed by atoms with Crippen LogP contribution in [-0.2, 0) is 6.54 Å². The molecule has 0 saturated carbocycles. The number of benzene rings is 3. The molecule has 204 valence electrons. The number of rotatable bonds is 8. The van der Waals surface area contributed by atoms with Gasteiger partial charge in [-0.05, 0) is 54.6 Å². The standard InChI is InChI=1S/C30H32N2O7/c1-35-21-8-6-20(7-9-21)32-15-13-31(14-16-32)18-23-24(33)11-10-22-27(34)26(39-29(22)23)17-19-5-12-25(36-2)30(38-4)28(19)37-3/h5-12,17,33H,13-16,18H2,1-4H3/b26-17-. The van der Waals surface area contributed by atoms with Crippen LogP contribution in [-0.4, -0.2) is 70.4 Å². The molecule has 39 heavy (non-hydrogen) atoms. The Balaban J connectivity index is 1.35. The number of aromatic hydroxyl groups is 1. The summed E-state index contributed by atoms with van der Waals surface area (Å²) in [5.41, 5.74) is 2.77. The summed E-state index contributed by atoms with van der Waals surface area (Å²) in [6, 6.07) is 14.7. The molecule has 0 atom stereocenters. The van der Waals surface area contributed by atoms with E-state index in [-0.39, 0.29) is 17.3 Å². The number of allylic oxidation sites excluding steroid dienone is 1. The van der Waals surface area contributed by atoms with Gasteiger partial charge in [-0.25, -0.2) is 0 Å². The van der Waals surface area contributed by atoms with Gasteiger partial charge in [0.25, 0.3) is 0 Å². The monoisotopic (exact) mass is 532 g/mol. The molecule has 9 heteroatoms. The van der Waals surface area contributed by atoms with Gasteiger partial charge in [-0.3, -0.25) is 9.69 Å². The van der Waals surface area contributed by atoms with Crippen LogP contribution < -0.4 is 28.6 Å². The number of nitrogens with zero attached hydrogens (tertiary/aromatic N) is 2. The van der Waals surface area contributed by atoms with E-state index in [1.54, 1.807) is 44.6 Å². The highest BCUT2D eigenvalue weighted by Gasteiger charge is 2.33. The van der Waals surface area contributed by atoms with Gasteiger partial charge in [0.15, 0.2) is 17.3 Å². The molecule has 0 aliphatic carbocycles. The summed E-state index contributed by atoms with van der Waals surface area (Å²) in [6.07, 6.45) is 1.62. The van der Waals surface area contributed by atoms with Gasteiger partial charge < -0.3 is 33.7 Å². The number of Topliss-reactive ketones (excluding diaryl/α,β-unsaturated/α-hetero) is 1. The number of phenols is 1. The maximum Gasteiger partial charge on any atom is 0.231 e. The molecule has 1 saturated heterocycles. The van der Waals surface area contributed by atoms with Gasteiger partial charge in [0.2, 0.25) is 11.5 Å². The van der Waals surface area contributed by atoms with Crippen molar-refractivity contribution in [2.24, 2.45) is 0 Å². The quantitative estimate of drug-likeness (QED) is 0.425. The van der Waals surface area contributed by atoms with Crippen molar-refractivity contribution in [3.8, 4) is 34.5 Å². The zero-order chi connectivity index (χ0) is 27.5. The molecule has 3 aromatic rings. The number of ketones is 1. The van der Waals surface area contributed by atoms with Gasteiger partial charge in [0, 0.05) is 44.0 Å². The fraction of sp³-hybridized carbons (Fsp3) is 0.300. The van der Waals surface area contributed by atoms with Crippen molar-refractivity contribution in [2.75, 3.05) is 59.5 Å². The number of piperazine rings is 1. The molecular weight excluding hydrogens is 500 g/mol. The first-order chi connectivity index (χ1) is 19.0. The lowest BCUT2D eigenvalue weighted by molar-refractivity contribution is 0.101. The second-order valence-corrected chi connectivity index (χ2v) is 9.26. The predicted octanol–water partition coefficient (Wildman–Crippen LogP) is 4.37. The zero-order valence-corrected chi connectivity index (χ0v) is 22.5. The van der Waals surface area contributed by atoms with Gasteiger partial charge in [-0.2, -0.15) is 0 Å². The molecule has 1 N–H and O–H groups in total. The molecule has 5 rings (SSSR count). The first-order valence-electron chi connectivity index (χ1n) is 12.7. The van der Waals surface area contributed by atoms with Crippen molar-refractivity contribution in [3.05, 3.63) is 71.0 Å².